The summed E-state index contributed by atoms with van der Waals surface area (Å²) < 4.78 is 82.4. The highest BCUT2D eigenvalue weighted by molar-refractivity contribution is 7.92. The molecule has 626 valence electrons. The van der Waals surface area contributed by atoms with Gasteiger partial charge in [0.2, 0.25) is 30.1 Å². The van der Waals surface area contributed by atoms with Gasteiger partial charge in [-0.3, -0.25) is 49.0 Å². The molecule has 0 saturated carbocycles. The summed E-state index contributed by atoms with van der Waals surface area (Å²) in [6.07, 6.45) is 8.10. The van der Waals surface area contributed by atoms with E-state index in [1.165, 1.54) is 49.9 Å². The molecule has 8 aromatic heterocycles. The van der Waals surface area contributed by atoms with E-state index in [1.54, 1.807) is 60.7 Å². The molecular formula is C92H80N20O10S3. The van der Waals surface area contributed by atoms with Gasteiger partial charge < -0.3 is 0 Å². The van der Waals surface area contributed by atoms with Crippen molar-refractivity contribution in [2.75, 3.05) is 29.0 Å². The lowest BCUT2D eigenvalue weighted by Gasteiger charge is -2.13. The molecule has 0 atom stereocenters. The summed E-state index contributed by atoms with van der Waals surface area (Å²) in [6, 6.07) is 66.7. The van der Waals surface area contributed by atoms with Gasteiger partial charge in [-0.15, -0.1) is 0 Å². The monoisotopic (exact) mass is 1720 g/mol. The van der Waals surface area contributed by atoms with Crippen molar-refractivity contribution in [3.05, 3.63) is 316 Å². The largest absolute Gasteiger partial charge is 0.295 e. The Bertz CT molecular complexity index is 7810. The number of aromatic nitrogens is 12. The highest BCUT2D eigenvalue weighted by atomic mass is 32.2. The van der Waals surface area contributed by atoms with Gasteiger partial charge in [-0.1, -0.05) is 183 Å². The van der Waals surface area contributed by atoms with Gasteiger partial charge in [0.1, 0.15) is 46.5 Å². The summed E-state index contributed by atoms with van der Waals surface area (Å²) >= 11 is 0. The summed E-state index contributed by atoms with van der Waals surface area (Å²) in [5, 5.41) is 48.7. The van der Waals surface area contributed by atoms with Gasteiger partial charge in [-0.25, -0.2) is 72.8 Å². The molecule has 8 aromatic carbocycles. The highest BCUT2D eigenvalue weighted by Gasteiger charge is 2.26. The number of nitrogens with zero attached hydrogens (tertiary/aromatic N) is 13. The van der Waals surface area contributed by atoms with Gasteiger partial charge in [-0.2, -0.15) is 21.0 Å². The molecule has 8 heterocycles. The Morgan fingerprint density at radius 3 is 0.904 bits per heavy atom. The number of nitrogens with one attached hydrogen (secondary N) is 7. The van der Waals surface area contributed by atoms with Crippen LogP contribution in [0, 0.1) is 51.9 Å². The smallest absolute Gasteiger partial charge is 0.276 e. The van der Waals surface area contributed by atoms with Crippen LogP contribution in [0.15, 0.2) is 243 Å². The first-order valence-corrected chi connectivity index (χ1v) is 44.2. The van der Waals surface area contributed by atoms with Gasteiger partial charge in [-0.05, 0) is 142 Å². The fourth-order valence-corrected chi connectivity index (χ4v) is 16.3. The molecule has 0 unspecified atom stereocenters. The Hall–Kier alpha value is -15.7. The second kappa shape index (κ2) is 35.9. The zero-order chi connectivity index (χ0) is 89.7. The van der Waals surface area contributed by atoms with E-state index in [4.69, 9.17) is 6.57 Å². The Balaban J connectivity index is 0.000000143. The summed E-state index contributed by atoms with van der Waals surface area (Å²) in [5.74, 6) is -0.322. The van der Waals surface area contributed by atoms with Gasteiger partial charge >= 0.3 is 0 Å². The number of nitriles is 4. The zero-order valence-electron chi connectivity index (χ0n) is 69.2. The van der Waals surface area contributed by atoms with Crippen LogP contribution in [0.3, 0.4) is 0 Å². The number of hydrogen-bond donors (Lipinski definition) is 7. The highest BCUT2D eigenvalue weighted by Crippen LogP contribution is 2.37. The Morgan fingerprint density at radius 1 is 0.352 bits per heavy atom. The molecule has 0 saturated heterocycles. The topological polar surface area (TPSA) is 439 Å². The first-order valence-electron chi connectivity index (χ1n) is 38.9. The number of H-pyrrole nitrogens is 4. The van der Waals surface area contributed by atoms with Gasteiger partial charge in [0.05, 0.1) is 46.8 Å². The van der Waals surface area contributed by atoms with E-state index in [0.29, 0.717) is 84.5 Å². The predicted molar refractivity (Wildman–Crippen MR) is 481 cm³/mol. The Morgan fingerprint density at radius 2 is 0.616 bits per heavy atom. The second-order valence-corrected chi connectivity index (χ2v) is 35.7. The molecule has 30 nitrogen and oxygen atoms in total. The molecular weight excluding hydrogens is 1640 g/mol. The van der Waals surface area contributed by atoms with Gasteiger partial charge in [0.15, 0.2) is 28.3 Å². The standard InChI is InChI=1S/3C23H21N5O3S.C23H17N5O/c1-14(2)20-21(26-22-18(12-24)13-25-28(22)23(20)29)17-8-4-6-15(10-17)16-7-5-9-19(11-16)27-32(3,30)31;1-14(2)20-21(26-22-18(12-24)13-25-28(22)23(20)29)17-6-4-5-16(11-17)15-7-9-19(10-8-15)27-32(3,30)31;1-14(2)20-21(27-22-18(12-24)13-26-28(22)23(20)29)17-6-4-5-16(11-17)15-7-9-19(10-8-15)32(30,31)25-3;1-14(2)20-21(27-22-18(12-24)13-26-28(22)23(20)29)17-8-4-6-15(10-17)16-7-5-9-19(11-16)25-3/h2*4-11,13-14,25,27H,1-3H3;4-11,13-14,25-26H,1-3H3;4-11,13-14,26H,1-2H3. The molecule has 125 heavy (non-hydrogen) atoms. The molecule has 0 fully saturated rings. The molecule has 0 spiro atoms. The summed E-state index contributed by atoms with van der Waals surface area (Å²) in [4.78, 5) is 74.9. The summed E-state index contributed by atoms with van der Waals surface area (Å²) in [5.41, 5.74) is 17.3. The van der Waals surface area contributed by atoms with Crippen LogP contribution in [0.25, 0.3) is 117 Å². The maximum Gasteiger partial charge on any atom is 0.276 e. The number of anilines is 2. The molecule has 0 aliphatic heterocycles. The van der Waals surface area contributed by atoms with E-state index in [1.807, 2.05) is 189 Å². The lowest BCUT2D eigenvalue weighted by atomic mass is 9.95. The molecule has 0 amide bonds. The van der Waals surface area contributed by atoms with Crippen molar-refractivity contribution < 1.29 is 25.3 Å². The van der Waals surface area contributed by atoms with E-state index in [-0.39, 0.29) is 73.2 Å². The van der Waals surface area contributed by atoms with Gasteiger partial charge in [0, 0.05) is 80.7 Å². The maximum atomic E-state index is 13.1. The number of hydrogen-bond acceptors (Lipinski definition) is 18. The van der Waals surface area contributed by atoms with Crippen LogP contribution in [0.4, 0.5) is 17.1 Å². The minimum Gasteiger partial charge on any atom is -0.295 e. The maximum absolute atomic E-state index is 13.1. The molecule has 33 heteroatoms. The van der Waals surface area contributed by atoms with Crippen molar-refractivity contribution in [2.45, 2.75) is 84.0 Å². The molecule has 16 rings (SSSR count). The average molecular weight is 1720 g/mol. The third-order valence-corrected chi connectivity index (χ3v) is 22.9. The third-order valence-electron chi connectivity index (χ3n) is 20.2. The Labute approximate surface area is 717 Å². The lowest BCUT2D eigenvalue weighted by molar-refractivity contribution is 0.588. The fraction of sp³-hybridized carbons (Fsp3) is 0.163. The first-order chi connectivity index (χ1) is 59.6. The van der Waals surface area contributed by atoms with Crippen LogP contribution in [-0.4, -0.2) is 103 Å². The molecule has 0 bridgehead atoms. The SMILES string of the molecule is CC(C)c1c(-c2cccc(-c3ccc(NS(C)(=O)=O)cc3)c2)nc2c(C#N)c[nH]n2c1=O.CC(C)c1c(-c2cccc(-c3cccc(NS(C)(=O)=O)c3)c2)nc2c(C#N)c[nH]n2c1=O.CNS(=O)(=O)c1ccc(-c2cccc(-c3nc4c(C#N)c[nH]n4c(=O)c3C(C)C)c2)cc1.[C-]#[N+]c1cccc(-c2cccc(-c3nc4c(C#N)c[nH]n4c(=O)c3C(C)C)c2)c1. The van der Waals surface area contributed by atoms with E-state index >= 15 is 0 Å². The predicted octanol–water partition coefficient (Wildman–Crippen LogP) is 15.6. The molecule has 7 N–H and O–H groups in total. The zero-order valence-corrected chi connectivity index (χ0v) is 71.7. The van der Waals surface area contributed by atoms with Crippen LogP contribution >= 0.6 is 0 Å². The minimum atomic E-state index is -3.52. The number of sulfonamides is 3. The number of benzene rings is 8. The van der Waals surface area contributed by atoms with E-state index in [0.717, 1.165) is 79.3 Å². The number of aromatic amines is 4. The van der Waals surface area contributed by atoms with Crippen molar-refractivity contribution in [1.82, 2.24) is 63.1 Å². The van der Waals surface area contributed by atoms with Crippen LogP contribution in [0.2, 0.25) is 0 Å². The van der Waals surface area contributed by atoms with E-state index < -0.39 is 30.1 Å². The number of fused-ring (bicyclic) bond motifs is 4. The number of rotatable bonds is 18. The van der Waals surface area contributed by atoms with Crippen LogP contribution in [0.5, 0.6) is 0 Å². The summed E-state index contributed by atoms with van der Waals surface area (Å²) in [6.45, 7) is 22.7. The average Bonchev–Trinajstić information content (AvgIpc) is 1.70. The normalized spacial score (nSPS) is 11.4. The van der Waals surface area contributed by atoms with Crippen molar-refractivity contribution in [1.29, 1.82) is 21.0 Å². The minimum absolute atomic E-state index is 0.0511. The Kier molecular flexibility index (Phi) is 25.0. The first kappa shape index (κ1) is 87.1. The second-order valence-electron chi connectivity index (χ2n) is 30.3. The quantitative estimate of drug-likeness (QED) is 0.0392. The summed E-state index contributed by atoms with van der Waals surface area (Å²) in [7, 11) is -8.89. The van der Waals surface area contributed by atoms with Crippen LogP contribution in [-0.2, 0) is 30.1 Å². The molecule has 0 radical (unpaired) electrons. The van der Waals surface area contributed by atoms with Crippen molar-refractivity contribution in [3.63, 3.8) is 0 Å². The van der Waals surface area contributed by atoms with E-state index in [2.05, 4.69) is 83.6 Å². The van der Waals surface area contributed by atoms with Crippen molar-refractivity contribution in [3.8, 4) is 114 Å². The van der Waals surface area contributed by atoms with Crippen molar-refractivity contribution >= 4 is 69.7 Å². The van der Waals surface area contributed by atoms with Crippen LogP contribution in [0.1, 0.15) is 124 Å². The van der Waals surface area contributed by atoms with Gasteiger partial charge in [0.25, 0.3) is 22.2 Å². The van der Waals surface area contributed by atoms with Crippen molar-refractivity contribution in [2.24, 2.45) is 0 Å². The molecule has 0 aliphatic carbocycles. The van der Waals surface area contributed by atoms with E-state index in [9.17, 15) is 65.5 Å². The lowest BCUT2D eigenvalue weighted by Crippen LogP contribution is -2.22. The third kappa shape index (κ3) is 18.5. The fourth-order valence-electron chi connectivity index (χ4n) is 14.4. The molecule has 0 aliphatic rings. The van der Waals surface area contributed by atoms with Crippen LogP contribution < -0.4 is 36.4 Å². The molecule has 16 aromatic rings.